The van der Waals surface area contributed by atoms with Crippen molar-refractivity contribution in [2.45, 2.75) is 104 Å². The van der Waals surface area contributed by atoms with Gasteiger partial charge >= 0.3 is 5.97 Å². The zero-order chi connectivity index (χ0) is 25.3. The van der Waals surface area contributed by atoms with Gasteiger partial charge in [0.2, 0.25) is 11.8 Å². The van der Waals surface area contributed by atoms with E-state index in [9.17, 15) is 14.4 Å². The van der Waals surface area contributed by atoms with Gasteiger partial charge in [0.15, 0.2) is 0 Å². The topological polar surface area (TPSA) is 84.9 Å². The molecular formula is C27H42N2O5. The standard InChI is InChI=1S/C21H30N2O3.C6H12O2/c1-3-17(4-2)26-18-11-13-23(14-12-18)16-7-5-15(6-8-16)19-9-10-20(24)22-21(19)25;1-5(7)8-6(2,3)4/h5-8,17-19H,3-4,9-14H2,1-2H3,(H,22,24,25);1-4H3. The Labute approximate surface area is 204 Å². The summed E-state index contributed by atoms with van der Waals surface area (Å²) in [6, 6.07) is 8.26. The molecule has 2 aliphatic rings. The quantitative estimate of drug-likeness (QED) is 0.474. The van der Waals surface area contributed by atoms with Crippen LogP contribution in [0.5, 0.6) is 0 Å². The fourth-order valence-electron chi connectivity index (χ4n) is 4.36. The van der Waals surface area contributed by atoms with Crippen molar-refractivity contribution in [3.63, 3.8) is 0 Å². The molecule has 2 amide bonds. The highest BCUT2D eigenvalue weighted by Gasteiger charge is 2.28. The number of carbonyl (C=O) groups excluding carboxylic acids is 3. The van der Waals surface area contributed by atoms with E-state index in [1.54, 1.807) is 0 Å². The number of amides is 2. The average molecular weight is 475 g/mol. The third-order valence-corrected chi connectivity index (χ3v) is 6.09. The molecule has 7 heteroatoms. The molecule has 1 unspecified atom stereocenters. The minimum absolute atomic E-state index is 0.165. The summed E-state index contributed by atoms with van der Waals surface area (Å²) in [6.45, 7) is 13.3. The minimum atomic E-state index is -0.328. The maximum absolute atomic E-state index is 12.0. The molecule has 2 fully saturated rings. The molecule has 3 rings (SSSR count). The van der Waals surface area contributed by atoms with Gasteiger partial charge in [-0.05, 0) is 70.6 Å². The van der Waals surface area contributed by atoms with Crippen molar-refractivity contribution in [1.82, 2.24) is 5.32 Å². The van der Waals surface area contributed by atoms with Crippen LogP contribution in [-0.2, 0) is 23.9 Å². The monoisotopic (exact) mass is 474 g/mol. The van der Waals surface area contributed by atoms with Gasteiger partial charge in [0.1, 0.15) is 5.60 Å². The van der Waals surface area contributed by atoms with Crippen LogP contribution in [0.25, 0.3) is 0 Å². The fraction of sp³-hybridized carbons (Fsp3) is 0.667. The zero-order valence-corrected chi connectivity index (χ0v) is 21.7. The fourth-order valence-corrected chi connectivity index (χ4v) is 4.36. The summed E-state index contributed by atoms with van der Waals surface area (Å²) in [6.07, 6.45) is 6.07. The first-order chi connectivity index (χ1) is 16.0. The Kier molecular flexibility index (Phi) is 10.5. The zero-order valence-electron chi connectivity index (χ0n) is 21.7. The maximum atomic E-state index is 12.0. The average Bonchev–Trinajstić information content (AvgIpc) is 2.77. The summed E-state index contributed by atoms with van der Waals surface area (Å²) in [4.78, 5) is 35.9. The Morgan fingerprint density at radius 3 is 2.09 bits per heavy atom. The minimum Gasteiger partial charge on any atom is -0.460 e. The van der Waals surface area contributed by atoms with E-state index in [0.29, 0.717) is 25.0 Å². The predicted octanol–water partition coefficient (Wildman–Crippen LogP) is 4.73. The molecule has 1 atom stereocenters. The lowest BCUT2D eigenvalue weighted by Crippen LogP contribution is -2.39. The van der Waals surface area contributed by atoms with Crippen LogP contribution in [0.1, 0.15) is 91.5 Å². The van der Waals surface area contributed by atoms with E-state index in [-0.39, 0.29) is 29.3 Å². The lowest BCUT2D eigenvalue weighted by Gasteiger charge is -2.35. The van der Waals surface area contributed by atoms with Crippen molar-refractivity contribution in [2.75, 3.05) is 18.0 Å². The van der Waals surface area contributed by atoms with Crippen LogP contribution in [0.15, 0.2) is 24.3 Å². The molecule has 0 radical (unpaired) electrons. The van der Waals surface area contributed by atoms with Crippen LogP contribution >= 0.6 is 0 Å². The first kappa shape index (κ1) is 27.8. The summed E-state index contributed by atoms with van der Waals surface area (Å²) in [5, 5.41) is 2.43. The molecule has 1 aromatic carbocycles. The van der Waals surface area contributed by atoms with Crippen molar-refractivity contribution in [1.29, 1.82) is 0 Å². The highest BCUT2D eigenvalue weighted by Crippen LogP contribution is 2.28. The van der Waals surface area contributed by atoms with Crippen LogP contribution in [0.3, 0.4) is 0 Å². The first-order valence-corrected chi connectivity index (χ1v) is 12.6. The molecule has 1 aromatic rings. The van der Waals surface area contributed by atoms with Gasteiger partial charge in [-0.3, -0.25) is 19.7 Å². The maximum Gasteiger partial charge on any atom is 0.303 e. The van der Waals surface area contributed by atoms with Crippen molar-refractivity contribution in [2.24, 2.45) is 0 Å². The number of piperidine rings is 2. The van der Waals surface area contributed by atoms with Gasteiger partial charge < -0.3 is 14.4 Å². The Balaban J connectivity index is 0.000000440. The summed E-state index contributed by atoms with van der Waals surface area (Å²) in [5.74, 6) is -0.770. The van der Waals surface area contributed by atoms with E-state index < -0.39 is 0 Å². The molecule has 2 heterocycles. The molecular weight excluding hydrogens is 432 g/mol. The number of nitrogens with zero attached hydrogens (tertiary/aromatic N) is 1. The van der Waals surface area contributed by atoms with Crippen LogP contribution in [0, 0.1) is 0 Å². The highest BCUT2D eigenvalue weighted by atomic mass is 16.6. The number of benzene rings is 1. The number of anilines is 1. The van der Waals surface area contributed by atoms with Crippen molar-refractivity contribution >= 4 is 23.5 Å². The second-order valence-electron chi connectivity index (χ2n) is 10.1. The third-order valence-electron chi connectivity index (χ3n) is 6.09. The van der Waals surface area contributed by atoms with Gasteiger partial charge in [-0.1, -0.05) is 26.0 Å². The van der Waals surface area contributed by atoms with Crippen molar-refractivity contribution in [3.8, 4) is 0 Å². The first-order valence-electron chi connectivity index (χ1n) is 12.6. The highest BCUT2D eigenvalue weighted by molar-refractivity contribution is 6.00. The van der Waals surface area contributed by atoms with Crippen LogP contribution < -0.4 is 10.2 Å². The van der Waals surface area contributed by atoms with Gasteiger partial charge in [0.05, 0.1) is 18.1 Å². The van der Waals surface area contributed by atoms with E-state index in [0.717, 1.165) is 44.3 Å². The summed E-state index contributed by atoms with van der Waals surface area (Å²) in [7, 11) is 0. The van der Waals surface area contributed by atoms with Crippen LogP contribution in [0.2, 0.25) is 0 Å². The van der Waals surface area contributed by atoms with Gasteiger partial charge in [-0.2, -0.15) is 0 Å². The Morgan fingerprint density at radius 2 is 1.65 bits per heavy atom. The number of nitrogens with one attached hydrogen (secondary N) is 1. The predicted molar refractivity (Wildman–Crippen MR) is 134 cm³/mol. The van der Waals surface area contributed by atoms with E-state index in [1.807, 2.05) is 32.9 Å². The molecule has 0 aliphatic carbocycles. The summed E-state index contributed by atoms with van der Waals surface area (Å²) < 4.78 is 11.0. The Hall–Kier alpha value is -2.41. The van der Waals surface area contributed by atoms with Crippen molar-refractivity contribution in [3.05, 3.63) is 29.8 Å². The second kappa shape index (κ2) is 12.9. The van der Waals surface area contributed by atoms with Gasteiger partial charge in [-0.15, -0.1) is 0 Å². The van der Waals surface area contributed by atoms with Gasteiger partial charge in [0.25, 0.3) is 0 Å². The lowest BCUT2D eigenvalue weighted by atomic mass is 9.90. The molecule has 34 heavy (non-hydrogen) atoms. The SMILES string of the molecule is CC(=O)OC(C)(C)C.CCC(CC)OC1CCN(c2ccc(C3CCC(=O)NC3=O)cc2)CC1. The summed E-state index contributed by atoms with van der Waals surface area (Å²) >= 11 is 0. The number of rotatable bonds is 6. The van der Waals surface area contributed by atoms with E-state index in [4.69, 9.17) is 9.47 Å². The smallest absolute Gasteiger partial charge is 0.303 e. The number of ether oxygens (including phenoxy) is 2. The van der Waals surface area contributed by atoms with Crippen LogP contribution in [-0.4, -0.2) is 48.7 Å². The Morgan fingerprint density at radius 1 is 1.06 bits per heavy atom. The molecule has 1 N–H and O–H groups in total. The molecule has 2 saturated heterocycles. The Bertz CT molecular complexity index is 803. The third kappa shape index (κ3) is 9.09. The van der Waals surface area contributed by atoms with E-state index in [2.05, 4.69) is 36.2 Å². The lowest BCUT2D eigenvalue weighted by molar-refractivity contribution is -0.152. The molecule has 0 spiro atoms. The van der Waals surface area contributed by atoms with Gasteiger partial charge in [-0.25, -0.2) is 0 Å². The number of imide groups is 1. The number of hydrogen-bond donors (Lipinski definition) is 1. The second-order valence-corrected chi connectivity index (χ2v) is 10.1. The molecule has 7 nitrogen and oxygen atoms in total. The molecule has 0 saturated carbocycles. The summed E-state index contributed by atoms with van der Waals surface area (Å²) in [5.41, 5.74) is 1.86. The molecule has 190 valence electrons. The molecule has 2 aliphatic heterocycles. The van der Waals surface area contributed by atoms with Gasteiger partial charge in [0, 0.05) is 32.1 Å². The normalized spacial score (nSPS) is 19.4. The molecule has 0 aromatic heterocycles. The largest absolute Gasteiger partial charge is 0.460 e. The number of esters is 1. The van der Waals surface area contributed by atoms with E-state index in [1.165, 1.54) is 12.6 Å². The van der Waals surface area contributed by atoms with E-state index >= 15 is 0 Å². The molecule has 0 bridgehead atoms. The number of carbonyl (C=O) groups is 3. The number of hydrogen-bond acceptors (Lipinski definition) is 6. The van der Waals surface area contributed by atoms with Crippen molar-refractivity contribution < 1.29 is 23.9 Å². The van der Waals surface area contributed by atoms with Crippen LogP contribution in [0.4, 0.5) is 5.69 Å².